The number of carboxylic acid groups (broad SMARTS) is 1. The lowest BCUT2D eigenvalue weighted by atomic mass is 10.0. The molecule has 1 heterocycles. The van der Waals surface area contributed by atoms with Crippen molar-refractivity contribution in [1.82, 2.24) is 10.2 Å². The van der Waals surface area contributed by atoms with Gasteiger partial charge in [0, 0.05) is 19.1 Å². The highest BCUT2D eigenvalue weighted by molar-refractivity contribution is 5.87. The summed E-state index contributed by atoms with van der Waals surface area (Å²) in [5, 5.41) is 12.7. The Morgan fingerprint density at radius 3 is 2.64 bits per heavy atom. The van der Waals surface area contributed by atoms with Crippen molar-refractivity contribution in [3.63, 3.8) is 0 Å². The molecule has 0 radical (unpaired) electrons. The maximum absolute atomic E-state index is 11.0. The van der Waals surface area contributed by atoms with Crippen molar-refractivity contribution in [3.05, 3.63) is 70.8 Å². The summed E-state index contributed by atoms with van der Waals surface area (Å²) in [4.78, 5) is 13.6. The van der Waals surface area contributed by atoms with Gasteiger partial charge in [-0.1, -0.05) is 36.4 Å². The van der Waals surface area contributed by atoms with Gasteiger partial charge in [-0.3, -0.25) is 4.90 Å². The minimum Gasteiger partial charge on any atom is -0.478 e. The number of aromatic carboxylic acids is 1. The Morgan fingerprint density at radius 2 is 1.92 bits per heavy atom. The molecule has 2 aromatic rings. The number of likely N-dealkylation sites (tertiary alicyclic amines) is 1. The second kappa shape index (κ2) is 8.28. The Morgan fingerprint density at radius 1 is 1.16 bits per heavy atom. The van der Waals surface area contributed by atoms with Crippen LogP contribution < -0.4 is 5.32 Å². The van der Waals surface area contributed by atoms with E-state index in [2.05, 4.69) is 41.4 Å². The first-order valence-electron chi connectivity index (χ1n) is 8.94. The molecule has 1 aliphatic heterocycles. The highest BCUT2D eigenvalue weighted by Crippen LogP contribution is 2.16. The van der Waals surface area contributed by atoms with Gasteiger partial charge in [0.2, 0.25) is 0 Å². The molecule has 0 aliphatic carbocycles. The van der Waals surface area contributed by atoms with Crippen LogP contribution in [0.5, 0.6) is 0 Å². The highest BCUT2D eigenvalue weighted by Gasteiger charge is 2.19. The van der Waals surface area contributed by atoms with Gasteiger partial charge in [-0.25, -0.2) is 4.79 Å². The molecule has 1 fully saturated rings. The molecule has 0 bridgehead atoms. The maximum atomic E-state index is 11.0. The van der Waals surface area contributed by atoms with Crippen molar-refractivity contribution in [3.8, 4) is 0 Å². The predicted octanol–water partition coefficient (Wildman–Crippen LogP) is 3.45. The van der Waals surface area contributed by atoms with Gasteiger partial charge < -0.3 is 10.4 Å². The van der Waals surface area contributed by atoms with Crippen LogP contribution in [0.2, 0.25) is 0 Å². The third kappa shape index (κ3) is 4.91. The Hall–Kier alpha value is -2.17. The van der Waals surface area contributed by atoms with Crippen molar-refractivity contribution >= 4 is 5.97 Å². The lowest BCUT2D eigenvalue weighted by Gasteiger charge is -2.32. The summed E-state index contributed by atoms with van der Waals surface area (Å²) < 4.78 is 0. The van der Waals surface area contributed by atoms with Crippen LogP contribution in [0.3, 0.4) is 0 Å². The number of piperidine rings is 1. The van der Waals surface area contributed by atoms with E-state index in [4.69, 9.17) is 5.11 Å². The van der Waals surface area contributed by atoms with Crippen LogP contribution in [-0.2, 0) is 13.1 Å². The highest BCUT2D eigenvalue weighted by atomic mass is 16.4. The molecular weight excluding hydrogens is 312 g/mol. The predicted molar refractivity (Wildman–Crippen MR) is 99.7 cm³/mol. The molecule has 2 aromatic carbocycles. The number of hydrogen-bond acceptors (Lipinski definition) is 3. The number of carbonyl (C=O) groups is 1. The molecule has 2 N–H and O–H groups in total. The molecular formula is C21H26N2O2. The van der Waals surface area contributed by atoms with E-state index < -0.39 is 5.97 Å². The van der Waals surface area contributed by atoms with Crippen LogP contribution in [0.15, 0.2) is 48.5 Å². The normalized spacial score (nSPS) is 16.0. The molecule has 1 aliphatic rings. The number of nitrogens with zero attached hydrogens (tertiary/aromatic N) is 1. The van der Waals surface area contributed by atoms with Crippen LogP contribution in [-0.4, -0.2) is 35.1 Å². The molecule has 3 rings (SSSR count). The fourth-order valence-corrected chi connectivity index (χ4v) is 3.40. The minimum absolute atomic E-state index is 0.354. The van der Waals surface area contributed by atoms with Gasteiger partial charge in [-0.2, -0.15) is 0 Å². The van der Waals surface area contributed by atoms with Gasteiger partial charge >= 0.3 is 5.97 Å². The van der Waals surface area contributed by atoms with Crippen molar-refractivity contribution in [2.75, 3.05) is 13.1 Å². The Bertz CT molecular complexity index is 721. The average Bonchev–Trinajstić information content (AvgIpc) is 2.63. The fraction of sp³-hybridized carbons (Fsp3) is 0.381. The van der Waals surface area contributed by atoms with Gasteiger partial charge in [0.1, 0.15) is 0 Å². The summed E-state index contributed by atoms with van der Waals surface area (Å²) in [6.07, 6.45) is 2.26. The van der Waals surface area contributed by atoms with Crippen LogP contribution in [0.25, 0.3) is 0 Å². The molecule has 0 saturated carbocycles. The van der Waals surface area contributed by atoms with Gasteiger partial charge in [-0.15, -0.1) is 0 Å². The molecule has 0 aromatic heterocycles. The number of nitrogens with one attached hydrogen (secondary N) is 1. The lowest BCUT2D eigenvalue weighted by Crippen LogP contribution is -2.41. The monoisotopic (exact) mass is 338 g/mol. The Labute approximate surface area is 149 Å². The van der Waals surface area contributed by atoms with E-state index in [9.17, 15) is 4.79 Å². The number of rotatable bonds is 6. The van der Waals surface area contributed by atoms with E-state index in [0.29, 0.717) is 11.6 Å². The first-order chi connectivity index (χ1) is 12.1. The van der Waals surface area contributed by atoms with Gasteiger partial charge in [0.15, 0.2) is 0 Å². The number of carboxylic acids is 1. The largest absolute Gasteiger partial charge is 0.478 e. The zero-order chi connectivity index (χ0) is 17.6. The molecule has 25 heavy (non-hydrogen) atoms. The SMILES string of the molecule is Cc1ccccc1CN1CCC(NCc2cccc(C(=O)O)c2)CC1. The summed E-state index contributed by atoms with van der Waals surface area (Å²) in [6, 6.07) is 16.3. The van der Waals surface area contributed by atoms with Crippen LogP contribution >= 0.6 is 0 Å². The topological polar surface area (TPSA) is 52.6 Å². The van der Waals surface area contributed by atoms with Gasteiger partial charge in [0.25, 0.3) is 0 Å². The zero-order valence-corrected chi connectivity index (χ0v) is 14.7. The third-order valence-electron chi connectivity index (χ3n) is 5.01. The fourth-order valence-electron chi connectivity index (χ4n) is 3.40. The smallest absolute Gasteiger partial charge is 0.335 e. The average molecular weight is 338 g/mol. The van der Waals surface area contributed by atoms with Crippen LogP contribution in [0, 0.1) is 6.92 Å². The second-order valence-electron chi connectivity index (χ2n) is 6.86. The number of hydrogen-bond donors (Lipinski definition) is 2. The molecule has 0 atom stereocenters. The zero-order valence-electron chi connectivity index (χ0n) is 14.7. The molecule has 0 unspecified atom stereocenters. The van der Waals surface area contributed by atoms with Crippen molar-refractivity contribution < 1.29 is 9.90 Å². The summed E-state index contributed by atoms with van der Waals surface area (Å²) >= 11 is 0. The quantitative estimate of drug-likeness (QED) is 0.847. The Balaban J connectivity index is 1.46. The molecule has 132 valence electrons. The Kier molecular flexibility index (Phi) is 5.84. The standard InChI is InChI=1S/C21H26N2O2/c1-16-5-2-3-7-19(16)15-23-11-9-20(10-12-23)22-14-17-6-4-8-18(13-17)21(24)25/h2-8,13,20,22H,9-12,14-15H2,1H3,(H,24,25). The van der Waals surface area contributed by atoms with Crippen LogP contribution in [0.1, 0.15) is 39.9 Å². The van der Waals surface area contributed by atoms with E-state index >= 15 is 0 Å². The maximum Gasteiger partial charge on any atom is 0.335 e. The lowest BCUT2D eigenvalue weighted by molar-refractivity contribution is 0.0696. The summed E-state index contributed by atoms with van der Waals surface area (Å²) in [7, 11) is 0. The molecule has 0 spiro atoms. The van der Waals surface area contributed by atoms with Gasteiger partial charge in [-0.05, 0) is 61.7 Å². The summed E-state index contributed by atoms with van der Waals surface area (Å²) in [5.74, 6) is -0.869. The molecule has 1 saturated heterocycles. The summed E-state index contributed by atoms with van der Waals surface area (Å²) in [5.41, 5.74) is 4.16. The third-order valence-corrected chi connectivity index (χ3v) is 5.01. The second-order valence-corrected chi connectivity index (χ2v) is 6.86. The van der Waals surface area contributed by atoms with Crippen molar-refractivity contribution in [2.24, 2.45) is 0 Å². The minimum atomic E-state index is -0.869. The van der Waals surface area contributed by atoms with Crippen LogP contribution in [0.4, 0.5) is 0 Å². The molecule has 4 heteroatoms. The van der Waals surface area contributed by atoms with E-state index in [-0.39, 0.29) is 0 Å². The number of aryl methyl sites for hydroxylation is 1. The van der Waals surface area contributed by atoms with Crippen molar-refractivity contribution in [2.45, 2.75) is 38.9 Å². The molecule has 4 nitrogen and oxygen atoms in total. The van der Waals surface area contributed by atoms with E-state index in [1.165, 1.54) is 11.1 Å². The summed E-state index contributed by atoms with van der Waals surface area (Å²) in [6.45, 7) is 6.13. The van der Waals surface area contributed by atoms with E-state index in [1.54, 1.807) is 12.1 Å². The van der Waals surface area contributed by atoms with E-state index in [0.717, 1.165) is 44.6 Å². The van der Waals surface area contributed by atoms with Crippen molar-refractivity contribution in [1.29, 1.82) is 0 Å². The first kappa shape index (κ1) is 17.6. The molecule has 0 amide bonds. The number of benzene rings is 2. The van der Waals surface area contributed by atoms with Gasteiger partial charge in [0.05, 0.1) is 5.56 Å². The first-order valence-corrected chi connectivity index (χ1v) is 8.94. The van der Waals surface area contributed by atoms with E-state index in [1.807, 2.05) is 12.1 Å².